The summed E-state index contributed by atoms with van der Waals surface area (Å²) < 4.78 is 0. The molecule has 2 rings (SSSR count). The van der Waals surface area contributed by atoms with Crippen molar-refractivity contribution in [3.63, 3.8) is 0 Å². The molecule has 3 atom stereocenters. The van der Waals surface area contributed by atoms with Crippen LogP contribution in [-0.2, 0) is 0 Å². The summed E-state index contributed by atoms with van der Waals surface area (Å²) >= 11 is 0. The maximum absolute atomic E-state index is 10.4. The summed E-state index contributed by atoms with van der Waals surface area (Å²) in [5.41, 5.74) is 1.04. The molecule has 0 radical (unpaired) electrons. The molecule has 0 amide bonds. The van der Waals surface area contributed by atoms with E-state index in [2.05, 4.69) is 18.9 Å². The Kier molecular flexibility index (Phi) is 3.62. The highest BCUT2D eigenvalue weighted by molar-refractivity contribution is 5.19. The Balaban J connectivity index is 2.11. The Labute approximate surface area is 97.9 Å². The summed E-state index contributed by atoms with van der Waals surface area (Å²) in [4.78, 5) is 2.29. The highest BCUT2D eigenvalue weighted by Gasteiger charge is 2.29. The number of rotatable bonds is 2. The van der Waals surface area contributed by atoms with E-state index in [1.54, 1.807) is 0 Å². The van der Waals surface area contributed by atoms with Crippen LogP contribution in [-0.4, -0.2) is 29.6 Å². The Hall–Kier alpha value is -0.860. The molecule has 1 saturated heterocycles. The summed E-state index contributed by atoms with van der Waals surface area (Å²) in [6.45, 7) is 3.37. The van der Waals surface area contributed by atoms with Crippen LogP contribution in [0.1, 0.15) is 31.4 Å². The SMILES string of the molecule is CC1CCN(C)C(C(O)c2ccccc2)C1. The molecule has 0 aromatic heterocycles. The van der Waals surface area contributed by atoms with Gasteiger partial charge in [-0.3, -0.25) is 0 Å². The van der Waals surface area contributed by atoms with Crippen LogP contribution in [0, 0.1) is 5.92 Å². The lowest BCUT2D eigenvalue weighted by atomic mass is 9.87. The molecule has 3 unspecified atom stereocenters. The smallest absolute Gasteiger partial charge is 0.0945 e. The summed E-state index contributed by atoms with van der Waals surface area (Å²) in [6.07, 6.45) is 1.98. The molecular formula is C14H21NO. The Morgan fingerprint density at radius 3 is 2.69 bits per heavy atom. The van der Waals surface area contributed by atoms with Crippen LogP contribution in [0.25, 0.3) is 0 Å². The molecule has 1 aliphatic rings. The molecule has 0 spiro atoms. The molecule has 1 heterocycles. The minimum Gasteiger partial charge on any atom is -0.387 e. The lowest BCUT2D eigenvalue weighted by Gasteiger charge is -2.38. The van der Waals surface area contributed by atoms with Gasteiger partial charge in [-0.2, -0.15) is 0 Å². The predicted octanol–water partition coefficient (Wildman–Crippen LogP) is 2.45. The van der Waals surface area contributed by atoms with Gasteiger partial charge in [-0.25, -0.2) is 0 Å². The van der Waals surface area contributed by atoms with E-state index in [4.69, 9.17) is 0 Å². The van der Waals surface area contributed by atoms with E-state index in [0.29, 0.717) is 0 Å². The zero-order valence-corrected chi connectivity index (χ0v) is 10.1. The quantitative estimate of drug-likeness (QED) is 0.826. The molecule has 1 aliphatic heterocycles. The second kappa shape index (κ2) is 4.98. The molecule has 0 bridgehead atoms. The van der Waals surface area contributed by atoms with Crippen molar-refractivity contribution < 1.29 is 5.11 Å². The van der Waals surface area contributed by atoms with Gasteiger partial charge in [0.2, 0.25) is 0 Å². The van der Waals surface area contributed by atoms with E-state index >= 15 is 0 Å². The minimum absolute atomic E-state index is 0.270. The normalized spacial score (nSPS) is 28.9. The van der Waals surface area contributed by atoms with Gasteiger partial charge in [-0.05, 0) is 37.9 Å². The first-order valence-corrected chi connectivity index (χ1v) is 6.11. The third kappa shape index (κ3) is 2.45. The molecule has 2 heteroatoms. The number of likely N-dealkylation sites (N-methyl/N-ethyl adjacent to an activating group) is 1. The molecule has 1 aromatic rings. The number of nitrogens with zero attached hydrogens (tertiary/aromatic N) is 1. The largest absolute Gasteiger partial charge is 0.387 e. The first-order chi connectivity index (χ1) is 7.68. The molecule has 88 valence electrons. The first-order valence-electron chi connectivity index (χ1n) is 6.11. The van der Waals surface area contributed by atoms with Crippen LogP contribution in [0.4, 0.5) is 0 Å². The summed E-state index contributed by atoms with van der Waals surface area (Å²) in [7, 11) is 2.11. The molecule has 1 N–H and O–H groups in total. The van der Waals surface area contributed by atoms with Gasteiger partial charge in [0.1, 0.15) is 0 Å². The van der Waals surface area contributed by atoms with Gasteiger partial charge in [0.15, 0.2) is 0 Å². The zero-order valence-electron chi connectivity index (χ0n) is 10.1. The Bertz CT molecular complexity index is 325. The fourth-order valence-corrected chi connectivity index (χ4v) is 2.54. The molecule has 16 heavy (non-hydrogen) atoms. The van der Waals surface area contributed by atoms with Gasteiger partial charge in [0.25, 0.3) is 0 Å². The summed E-state index contributed by atoms with van der Waals surface area (Å²) in [5, 5.41) is 10.4. The highest BCUT2D eigenvalue weighted by atomic mass is 16.3. The van der Waals surface area contributed by atoms with Crippen LogP contribution >= 0.6 is 0 Å². The number of likely N-dealkylation sites (tertiary alicyclic amines) is 1. The van der Waals surface area contributed by atoms with E-state index in [9.17, 15) is 5.11 Å². The number of benzene rings is 1. The Morgan fingerprint density at radius 2 is 2.00 bits per heavy atom. The maximum Gasteiger partial charge on any atom is 0.0945 e. The topological polar surface area (TPSA) is 23.5 Å². The second-order valence-electron chi connectivity index (χ2n) is 5.03. The number of aliphatic hydroxyl groups is 1. The lowest BCUT2D eigenvalue weighted by Crippen LogP contribution is -2.42. The molecular weight excluding hydrogens is 198 g/mol. The van der Waals surface area contributed by atoms with Crippen molar-refractivity contribution in [2.75, 3.05) is 13.6 Å². The van der Waals surface area contributed by atoms with Gasteiger partial charge in [-0.1, -0.05) is 37.3 Å². The van der Waals surface area contributed by atoms with E-state index in [0.717, 1.165) is 24.4 Å². The molecule has 2 nitrogen and oxygen atoms in total. The van der Waals surface area contributed by atoms with E-state index in [1.165, 1.54) is 6.42 Å². The number of hydrogen-bond acceptors (Lipinski definition) is 2. The van der Waals surface area contributed by atoms with E-state index in [-0.39, 0.29) is 12.1 Å². The standard InChI is InChI=1S/C14H21NO/c1-11-8-9-15(2)13(10-11)14(16)12-6-4-3-5-7-12/h3-7,11,13-14,16H,8-10H2,1-2H3. The fourth-order valence-electron chi connectivity index (χ4n) is 2.54. The predicted molar refractivity (Wildman–Crippen MR) is 66.2 cm³/mol. The second-order valence-corrected chi connectivity index (χ2v) is 5.03. The molecule has 0 saturated carbocycles. The van der Waals surface area contributed by atoms with Crippen LogP contribution in [0.5, 0.6) is 0 Å². The number of hydrogen-bond donors (Lipinski definition) is 1. The average Bonchev–Trinajstić information content (AvgIpc) is 2.32. The van der Waals surface area contributed by atoms with Crippen molar-refractivity contribution in [1.82, 2.24) is 4.90 Å². The monoisotopic (exact) mass is 219 g/mol. The van der Waals surface area contributed by atoms with Crippen LogP contribution in [0.2, 0.25) is 0 Å². The van der Waals surface area contributed by atoms with Gasteiger partial charge in [0, 0.05) is 6.04 Å². The molecule has 1 fully saturated rings. The van der Waals surface area contributed by atoms with Crippen molar-refractivity contribution >= 4 is 0 Å². The maximum atomic E-state index is 10.4. The Morgan fingerprint density at radius 1 is 1.31 bits per heavy atom. The van der Waals surface area contributed by atoms with Crippen LogP contribution in [0.3, 0.4) is 0 Å². The zero-order chi connectivity index (χ0) is 11.5. The van der Waals surface area contributed by atoms with Crippen LogP contribution in [0.15, 0.2) is 30.3 Å². The van der Waals surface area contributed by atoms with Gasteiger partial charge < -0.3 is 10.0 Å². The van der Waals surface area contributed by atoms with E-state index in [1.807, 2.05) is 30.3 Å². The van der Waals surface area contributed by atoms with E-state index < -0.39 is 0 Å². The minimum atomic E-state index is -0.353. The third-order valence-electron chi connectivity index (χ3n) is 3.69. The molecule has 0 aliphatic carbocycles. The van der Waals surface area contributed by atoms with Crippen LogP contribution < -0.4 is 0 Å². The van der Waals surface area contributed by atoms with Gasteiger partial charge in [0.05, 0.1) is 6.10 Å². The number of aliphatic hydroxyl groups excluding tert-OH is 1. The highest BCUT2D eigenvalue weighted by Crippen LogP contribution is 2.30. The fraction of sp³-hybridized carbons (Fsp3) is 0.571. The third-order valence-corrected chi connectivity index (χ3v) is 3.69. The molecule has 1 aromatic carbocycles. The summed E-state index contributed by atoms with van der Waals surface area (Å²) in [6, 6.07) is 10.3. The van der Waals surface area contributed by atoms with Crippen molar-refractivity contribution in [2.45, 2.75) is 31.9 Å². The lowest BCUT2D eigenvalue weighted by molar-refractivity contribution is 0.0254. The van der Waals surface area contributed by atoms with Crippen molar-refractivity contribution in [3.05, 3.63) is 35.9 Å². The average molecular weight is 219 g/mol. The number of piperidine rings is 1. The van der Waals surface area contributed by atoms with Crippen molar-refractivity contribution in [2.24, 2.45) is 5.92 Å². The first kappa shape index (κ1) is 11.6. The van der Waals surface area contributed by atoms with Gasteiger partial charge >= 0.3 is 0 Å². The van der Waals surface area contributed by atoms with Crippen molar-refractivity contribution in [3.8, 4) is 0 Å². The summed E-state index contributed by atoms with van der Waals surface area (Å²) in [5.74, 6) is 0.722. The van der Waals surface area contributed by atoms with Crippen molar-refractivity contribution in [1.29, 1.82) is 0 Å². The van der Waals surface area contributed by atoms with Gasteiger partial charge in [-0.15, -0.1) is 0 Å².